The fourth-order valence-corrected chi connectivity index (χ4v) is 2.48. The zero-order valence-corrected chi connectivity index (χ0v) is 14.7. The van der Waals surface area contributed by atoms with Crippen molar-refractivity contribution in [1.29, 1.82) is 0 Å². The Kier molecular flexibility index (Phi) is 5.09. The Hall–Kier alpha value is -3.39. The number of para-hydroxylation sites is 1. The van der Waals surface area contributed by atoms with Crippen molar-refractivity contribution in [1.82, 2.24) is 4.98 Å². The smallest absolute Gasteiger partial charge is 0.341 e. The van der Waals surface area contributed by atoms with Crippen LogP contribution in [0.5, 0.6) is 0 Å². The number of aromatic carboxylic acids is 1. The summed E-state index contributed by atoms with van der Waals surface area (Å²) in [7, 11) is 0. The molecule has 2 aromatic carbocycles. The van der Waals surface area contributed by atoms with E-state index < -0.39 is 23.9 Å². The van der Waals surface area contributed by atoms with E-state index in [2.05, 4.69) is 10.3 Å². The number of aromatic nitrogens is 1. The fourth-order valence-electron chi connectivity index (χ4n) is 2.32. The number of nitrogens with zero attached hydrogens (tertiary/aromatic N) is 1. The molecule has 3 rings (SSSR count). The summed E-state index contributed by atoms with van der Waals surface area (Å²) in [6, 6.07) is 8.63. The Bertz CT molecular complexity index is 1050. The lowest BCUT2D eigenvalue weighted by Gasteiger charge is -2.14. The summed E-state index contributed by atoms with van der Waals surface area (Å²) >= 11 is 5.97. The Morgan fingerprint density at radius 1 is 1.26 bits per heavy atom. The number of hydrogen-bond acceptors (Lipinski definition) is 6. The molecular weight excluding hydrogens is 376 g/mol. The number of carbonyl (C=O) groups excluding carboxylic acids is 2. The number of ether oxygens (including phenoxy) is 1. The number of halogens is 1. The van der Waals surface area contributed by atoms with Crippen molar-refractivity contribution < 1.29 is 28.6 Å². The SMILES string of the molecule is CC(OC(=O)c1cccc2ocnc12)C(=O)Nc1cc(C(=O)O)ccc1Cl. The lowest BCUT2D eigenvalue weighted by molar-refractivity contribution is -0.123. The molecule has 138 valence electrons. The van der Waals surface area contributed by atoms with Gasteiger partial charge in [0.15, 0.2) is 18.1 Å². The van der Waals surface area contributed by atoms with Gasteiger partial charge in [-0.05, 0) is 37.3 Å². The van der Waals surface area contributed by atoms with E-state index in [1.807, 2.05) is 0 Å². The summed E-state index contributed by atoms with van der Waals surface area (Å²) in [4.78, 5) is 39.6. The Labute approximate surface area is 157 Å². The molecule has 0 radical (unpaired) electrons. The number of anilines is 1. The monoisotopic (exact) mass is 388 g/mol. The Balaban J connectivity index is 1.73. The first kappa shape index (κ1) is 18.4. The van der Waals surface area contributed by atoms with Crippen LogP contribution in [0.25, 0.3) is 11.1 Å². The summed E-state index contributed by atoms with van der Waals surface area (Å²) in [5.41, 5.74) is 0.957. The maximum atomic E-state index is 12.3. The Morgan fingerprint density at radius 3 is 2.78 bits per heavy atom. The van der Waals surface area contributed by atoms with Gasteiger partial charge in [0.2, 0.25) is 0 Å². The number of carboxylic acid groups (broad SMARTS) is 1. The highest BCUT2D eigenvalue weighted by atomic mass is 35.5. The maximum Gasteiger partial charge on any atom is 0.341 e. The quantitative estimate of drug-likeness (QED) is 0.643. The van der Waals surface area contributed by atoms with Crippen LogP contribution >= 0.6 is 11.6 Å². The zero-order chi connectivity index (χ0) is 19.6. The molecule has 0 saturated heterocycles. The van der Waals surface area contributed by atoms with Gasteiger partial charge in [0.05, 0.1) is 21.8 Å². The van der Waals surface area contributed by atoms with Crippen molar-refractivity contribution in [3.63, 3.8) is 0 Å². The molecule has 1 heterocycles. The third-order valence-corrected chi connectivity index (χ3v) is 4.03. The van der Waals surface area contributed by atoms with E-state index in [-0.39, 0.29) is 21.8 Å². The second kappa shape index (κ2) is 7.46. The van der Waals surface area contributed by atoms with Crippen LogP contribution < -0.4 is 5.32 Å². The van der Waals surface area contributed by atoms with Crippen molar-refractivity contribution >= 4 is 46.2 Å². The van der Waals surface area contributed by atoms with Crippen LogP contribution in [-0.2, 0) is 9.53 Å². The van der Waals surface area contributed by atoms with Gasteiger partial charge < -0.3 is 19.6 Å². The highest BCUT2D eigenvalue weighted by molar-refractivity contribution is 6.34. The molecule has 1 amide bonds. The molecule has 0 fully saturated rings. The number of amides is 1. The number of carbonyl (C=O) groups is 3. The largest absolute Gasteiger partial charge is 0.478 e. The summed E-state index contributed by atoms with van der Waals surface area (Å²) in [6.07, 6.45) is 0.0406. The van der Waals surface area contributed by atoms with Crippen LogP contribution in [0.1, 0.15) is 27.6 Å². The van der Waals surface area contributed by atoms with Gasteiger partial charge in [-0.1, -0.05) is 17.7 Å². The lowest BCUT2D eigenvalue weighted by Crippen LogP contribution is -2.30. The van der Waals surface area contributed by atoms with E-state index in [9.17, 15) is 14.4 Å². The van der Waals surface area contributed by atoms with E-state index in [4.69, 9.17) is 25.9 Å². The van der Waals surface area contributed by atoms with Crippen LogP contribution in [0.2, 0.25) is 5.02 Å². The number of rotatable bonds is 5. The fraction of sp³-hybridized carbons (Fsp3) is 0.111. The molecule has 9 heteroatoms. The summed E-state index contributed by atoms with van der Waals surface area (Å²) in [6.45, 7) is 1.38. The van der Waals surface area contributed by atoms with Crippen LogP contribution in [-0.4, -0.2) is 34.0 Å². The van der Waals surface area contributed by atoms with Crippen LogP contribution in [0.15, 0.2) is 47.2 Å². The molecule has 0 spiro atoms. The van der Waals surface area contributed by atoms with Gasteiger partial charge in [-0.15, -0.1) is 0 Å². The molecule has 0 aliphatic rings. The molecule has 0 aliphatic heterocycles. The van der Waals surface area contributed by atoms with Crippen LogP contribution in [0.3, 0.4) is 0 Å². The number of oxazole rings is 1. The molecule has 0 saturated carbocycles. The highest BCUT2D eigenvalue weighted by Gasteiger charge is 2.22. The van der Waals surface area contributed by atoms with Crippen molar-refractivity contribution in [2.24, 2.45) is 0 Å². The third kappa shape index (κ3) is 3.90. The van der Waals surface area contributed by atoms with Gasteiger partial charge >= 0.3 is 11.9 Å². The standard InChI is InChI=1S/C18H13ClN2O6/c1-9(16(22)21-13-7-10(17(23)24)5-6-12(13)19)27-18(25)11-3-2-4-14-15(11)20-8-26-14/h2-9H,1H3,(H,21,22)(H,23,24). The van der Waals surface area contributed by atoms with Gasteiger partial charge in [-0.2, -0.15) is 0 Å². The molecule has 0 bridgehead atoms. The van der Waals surface area contributed by atoms with Crippen molar-refractivity contribution in [2.45, 2.75) is 13.0 Å². The van der Waals surface area contributed by atoms with E-state index >= 15 is 0 Å². The number of hydrogen-bond donors (Lipinski definition) is 2. The van der Waals surface area contributed by atoms with Gasteiger partial charge in [-0.25, -0.2) is 14.6 Å². The molecule has 0 aliphatic carbocycles. The van der Waals surface area contributed by atoms with Crippen molar-refractivity contribution in [3.05, 3.63) is 58.9 Å². The first-order valence-electron chi connectivity index (χ1n) is 7.73. The minimum atomic E-state index is -1.16. The van der Waals surface area contributed by atoms with Crippen LogP contribution in [0, 0.1) is 0 Å². The first-order valence-corrected chi connectivity index (χ1v) is 8.11. The minimum Gasteiger partial charge on any atom is -0.478 e. The van der Waals surface area contributed by atoms with Gasteiger partial charge in [0.25, 0.3) is 5.91 Å². The number of esters is 1. The number of benzene rings is 2. The van der Waals surface area contributed by atoms with E-state index in [1.54, 1.807) is 12.1 Å². The van der Waals surface area contributed by atoms with E-state index in [1.165, 1.54) is 37.6 Å². The molecule has 1 unspecified atom stereocenters. The summed E-state index contributed by atoms with van der Waals surface area (Å²) < 4.78 is 10.3. The summed E-state index contributed by atoms with van der Waals surface area (Å²) in [5, 5.41) is 11.6. The third-order valence-electron chi connectivity index (χ3n) is 3.70. The number of nitrogens with one attached hydrogen (secondary N) is 1. The van der Waals surface area contributed by atoms with Gasteiger partial charge in [-0.3, -0.25) is 4.79 Å². The molecule has 27 heavy (non-hydrogen) atoms. The Morgan fingerprint density at radius 2 is 2.04 bits per heavy atom. The van der Waals surface area contributed by atoms with Gasteiger partial charge in [0.1, 0.15) is 5.52 Å². The molecule has 3 aromatic rings. The topological polar surface area (TPSA) is 119 Å². The average molecular weight is 389 g/mol. The second-order valence-corrected chi connectivity index (χ2v) is 5.95. The second-order valence-electron chi connectivity index (χ2n) is 5.54. The maximum absolute atomic E-state index is 12.3. The molecular formula is C18H13ClN2O6. The molecule has 1 aromatic heterocycles. The normalized spacial score (nSPS) is 11.8. The molecule has 8 nitrogen and oxygen atoms in total. The van der Waals surface area contributed by atoms with Crippen molar-refractivity contribution in [2.75, 3.05) is 5.32 Å². The van der Waals surface area contributed by atoms with Crippen molar-refractivity contribution in [3.8, 4) is 0 Å². The predicted molar refractivity (Wildman–Crippen MR) is 95.9 cm³/mol. The van der Waals surface area contributed by atoms with Gasteiger partial charge in [0, 0.05) is 0 Å². The highest BCUT2D eigenvalue weighted by Crippen LogP contribution is 2.24. The number of carboxylic acids is 1. The van der Waals surface area contributed by atoms with Crippen LogP contribution in [0.4, 0.5) is 5.69 Å². The summed E-state index contributed by atoms with van der Waals surface area (Å²) in [5.74, 6) is -2.58. The predicted octanol–water partition coefficient (Wildman–Crippen LogP) is 3.36. The number of fused-ring (bicyclic) bond motifs is 1. The van der Waals surface area contributed by atoms with E-state index in [0.29, 0.717) is 11.1 Å². The van der Waals surface area contributed by atoms with E-state index in [0.717, 1.165) is 0 Å². The average Bonchev–Trinajstić information content (AvgIpc) is 3.11. The first-order chi connectivity index (χ1) is 12.9. The minimum absolute atomic E-state index is 0.0444. The zero-order valence-electron chi connectivity index (χ0n) is 13.9. The molecule has 1 atom stereocenters. The molecule has 2 N–H and O–H groups in total. The lowest BCUT2D eigenvalue weighted by atomic mass is 10.2.